The highest BCUT2D eigenvalue weighted by Gasteiger charge is 2.06. The number of carbonyl (C=O) groups is 4. The maximum atomic E-state index is 11.8. The van der Waals surface area contributed by atoms with Gasteiger partial charge >= 0.3 is 0 Å². The highest BCUT2D eigenvalue weighted by atomic mass is 16.5. The molecular formula is C17H23N3O5. The third-order valence-electron chi connectivity index (χ3n) is 3.09. The van der Waals surface area contributed by atoms with Crippen LogP contribution in [0.15, 0.2) is 24.3 Å². The van der Waals surface area contributed by atoms with Crippen LogP contribution in [-0.4, -0.2) is 50.3 Å². The van der Waals surface area contributed by atoms with Crippen molar-refractivity contribution in [1.29, 1.82) is 0 Å². The monoisotopic (exact) mass is 349 g/mol. The maximum Gasteiger partial charge on any atom is 0.250 e. The first kappa shape index (κ1) is 20.3. The van der Waals surface area contributed by atoms with Gasteiger partial charge in [0.1, 0.15) is 13.2 Å². The second kappa shape index (κ2) is 10.9. The molecule has 8 nitrogen and oxygen atoms in total. The zero-order chi connectivity index (χ0) is 18.7. The van der Waals surface area contributed by atoms with Crippen molar-refractivity contribution in [1.82, 2.24) is 10.6 Å². The van der Waals surface area contributed by atoms with Crippen molar-refractivity contribution in [2.24, 2.45) is 0 Å². The van der Waals surface area contributed by atoms with E-state index in [1.54, 1.807) is 31.3 Å². The predicted octanol–water partition coefficient (Wildman–Crippen LogP) is 0.0255. The lowest BCUT2D eigenvalue weighted by atomic mass is 10.1. The number of benzene rings is 1. The number of nitrogens with one attached hydrogen (secondary N) is 3. The normalized spacial score (nSPS) is 10.0. The number of ketones is 1. The van der Waals surface area contributed by atoms with E-state index in [4.69, 9.17) is 4.74 Å². The molecule has 1 aromatic rings. The van der Waals surface area contributed by atoms with E-state index in [-0.39, 0.29) is 56.1 Å². The van der Waals surface area contributed by atoms with Gasteiger partial charge in [-0.3, -0.25) is 19.2 Å². The number of amides is 3. The number of ether oxygens (including phenoxy) is 1. The average molecular weight is 349 g/mol. The average Bonchev–Trinajstić information content (AvgIpc) is 2.56. The standard InChI is InChI=1S/C17H23N3O5/c1-12(21)10-25-11-17(24)20-14-5-3-13(4-6-14)9-16(23)19-8-7-15(22)18-2/h3-6H,7-11H2,1-2H3,(H,18,22)(H,19,23)(H,20,24). The SMILES string of the molecule is CNC(=O)CCNC(=O)Cc1ccc(NC(=O)COCC(C)=O)cc1. The minimum Gasteiger partial charge on any atom is -0.364 e. The number of rotatable bonds is 10. The largest absolute Gasteiger partial charge is 0.364 e. The van der Waals surface area contributed by atoms with E-state index < -0.39 is 0 Å². The van der Waals surface area contributed by atoms with E-state index in [1.165, 1.54) is 6.92 Å². The van der Waals surface area contributed by atoms with Crippen molar-refractivity contribution in [3.8, 4) is 0 Å². The first-order valence-electron chi connectivity index (χ1n) is 7.84. The van der Waals surface area contributed by atoms with Crippen LogP contribution in [0.1, 0.15) is 18.9 Å². The van der Waals surface area contributed by atoms with Gasteiger partial charge in [-0.15, -0.1) is 0 Å². The topological polar surface area (TPSA) is 114 Å². The molecule has 1 rings (SSSR count). The minimum atomic E-state index is -0.360. The van der Waals surface area contributed by atoms with E-state index in [0.29, 0.717) is 5.69 Å². The molecule has 0 spiro atoms. The van der Waals surface area contributed by atoms with Crippen molar-refractivity contribution < 1.29 is 23.9 Å². The van der Waals surface area contributed by atoms with Crippen molar-refractivity contribution in [3.05, 3.63) is 29.8 Å². The molecule has 0 aliphatic heterocycles. The third-order valence-corrected chi connectivity index (χ3v) is 3.09. The smallest absolute Gasteiger partial charge is 0.250 e. The predicted molar refractivity (Wildman–Crippen MR) is 92.0 cm³/mol. The molecule has 25 heavy (non-hydrogen) atoms. The van der Waals surface area contributed by atoms with E-state index >= 15 is 0 Å². The van der Waals surface area contributed by atoms with Crippen LogP contribution >= 0.6 is 0 Å². The molecule has 0 aliphatic rings. The summed E-state index contributed by atoms with van der Waals surface area (Å²) in [5, 5.41) is 7.77. The van der Waals surface area contributed by atoms with Crippen LogP contribution in [0.25, 0.3) is 0 Å². The van der Waals surface area contributed by atoms with Crippen molar-refractivity contribution in [2.75, 3.05) is 32.1 Å². The number of hydrogen-bond donors (Lipinski definition) is 3. The Balaban J connectivity index is 2.35. The Morgan fingerprint density at radius 3 is 2.24 bits per heavy atom. The number of carbonyl (C=O) groups excluding carboxylic acids is 4. The minimum absolute atomic E-state index is 0.0958. The van der Waals surface area contributed by atoms with Crippen LogP contribution in [0, 0.1) is 0 Å². The Hall–Kier alpha value is -2.74. The van der Waals surface area contributed by atoms with Gasteiger partial charge in [-0.2, -0.15) is 0 Å². The summed E-state index contributed by atoms with van der Waals surface area (Å²) in [4.78, 5) is 45.1. The molecule has 0 aliphatic carbocycles. The van der Waals surface area contributed by atoms with Crippen LogP contribution in [0.4, 0.5) is 5.69 Å². The summed E-state index contributed by atoms with van der Waals surface area (Å²) in [6.07, 6.45) is 0.419. The molecule has 0 radical (unpaired) electrons. The molecule has 136 valence electrons. The molecule has 0 atom stereocenters. The highest BCUT2D eigenvalue weighted by molar-refractivity contribution is 5.92. The van der Waals surface area contributed by atoms with Crippen LogP contribution in [0.2, 0.25) is 0 Å². The third kappa shape index (κ3) is 9.21. The van der Waals surface area contributed by atoms with Crippen LogP contribution < -0.4 is 16.0 Å². The molecule has 0 heterocycles. The summed E-state index contributed by atoms with van der Waals surface area (Å²) in [7, 11) is 1.54. The Labute approximate surface area is 146 Å². The van der Waals surface area contributed by atoms with Gasteiger partial charge in [-0.25, -0.2) is 0 Å². The lowest BCUT2D eigenvalue weighted by Gasteiger charge is -2.07. The molecule has 0 aromatic heterocycles. The summed E-state index contributed by atoms with van der Waals surface area (Å²) in [5.41, 5.74) is 1.35. The molecule has 0 saturated carbocycles. The van der Waals surface area contributed by atoms with Crippen LogP contribution in [0.5, 0.6) is 0 Å². The van der Waals surface area contributed by atoms with E-state index in [9.17, 15) is 19.2 Å². The Morgan fingerprint density at radius 1 is 0.960 bits per heavy atom. The zero-order valence-electron chi connectivity index (χ0n) is 14.4. The van der Waals surface area contributed by atoms with Gasteiger partial charge in [0.05, 0.1) is 6.42 Å². The van der Waals surface area contributed by atoms with Crippen molar-refractivity contribution in [3.63, 3.8) is 0 Å². The molecule has 8 heteroatoms. The second-order valence-corrected chi connectivity index (χ2v) is 5.39. The molecular weight excluding hydrogens is 326 g/mol. The molecule has 0 saturated heterocycles. The van der Waals surface area contributed by atoms with Crippen molar-refractivity contribution in [2.45, 2.75) is 19.8 Å². The second-order valence-electron chi connectivity index (χ2n) is 5.39. The lowest BCUT2D eigenvalue weighted by molar-refractivity contribution is -0.126. The molecule has 0 unspecified atom stereocenters. The Bertz CT molecular complexity index is 613. The van der Waals surface area contributed by atoms with Gasteiger partial charge in [-0.05, 0) is 24.6 Å². The summed E-state index contributed by atoms with van der Waals surface area (Å²) in [6, 6.07) is 6.81. The Morgan fingerprint density at radius 2 is 1.64 bits per heavy atom. The first-order valence-corrected chi connectivity index (χ1v) is 7.84. The van der Waals surface area contributed by atoms with Gasteiger partial charge in [0.25, 0.3) is 0 Å². The molecule has 0 bridgehead atoms. The van der Waals surface area contributed by atoms with Crippen LogP contribution in [0.3, 0.4) is 0 Å². The fourth-order valence-electron chi connectivity index (χ4n) is 1.88. The number of anilines is 1. The summed E-state index contributed by atoms with van der Waals surface area (Å²) in [6.45, 7) is 1.37. The summed E-state index contributed by atoms with van der Waals surface area (Å²) in [5.74, 6) is -0.822. The Kier molecular flexibility index (Phi) is 8.87. The van der Waals surface area contributed by atoms with E-state index in [2.05, 4.69) is 16.0 Å². The molecule has 3 amide bonds. The lowest BCUT2D eigenvalue weighted by Crippen LogP contribution is -2.30. The maximum absolute atomic E-state index is 11.8. The fraction of sp³-hybridized carbons (Fsp3) is 0.412. The number of hydrogen-bond acceptors (Lipinski definition) is 5. The van der Waals surface area contributed by atoms with Crippen molar-refractivity contribution >= 4 is 29.2 Å². The molecule has 0 fully saturated rings. The van der Waals surface area contributed by atoms with E-state index in [0.717, 1.165) is 5.56 Å². The summed E-state index contributed by atoms with van der Waals surface area (Å²) >= 11 is 0. The molecule has 3 N–H and O–H groups in total. The summed E-state index contributed by atoms with van der Waals surface area (Å²) < 4.78 is 4.92. The van der Waals surface area contributed by atoms with Gasteiger partial charge in [0.2, 0.25) is 17.7 Å². The quantitative estimate of drug-likeness (QED) is 0.551. The van der Waals surface area contributed by atoms with Gasteiger partial charge in [-0.1, -0.05) is 12.1 Å². The van der Waals surface area contributed by atoms with Crippen LogP contribution in [-0.2, 0) is 30.3 Å². The van der Waals surface area contributed by atoms with Gasteiger partial charge < -0.3 is 20.7 Å². The molecule has 1 aromatic carbocycles. The van der Waals surface area contributed by atoms with Gasteiger partial charge in [0, 0.05) is 25.7 Å². The highest BCUT2D eigenvalue weighted by Crippen LogP contribution is 2.10. The first-order chi connectivity index (χ1) is 11.9. The van der Waals surface area contributed by atoms with E-state index in [1.807, 2.05) is 0 Å². The van der Waals surface area contributed by atoms with Gasteiger partial charge in [0.15, 0.2) is 5.78 Å². The zero-order valence-corrected chi connectivity index (χ0v) is 14.4. The number of Topliss-reactive ketones (excluding diaryl/α,β-unsaturated/α-hetero) is 1. The fourth-order valence-corrected chi connectivity index (χ4v) is 1.88.